The van der Waals surface area contributed by atoms with E-state index >= 15 is 0 Å². The second kappa shape index (κ2) is 8.57. The van der Waals surface area contributed by atoms with E-state index in [-0.39, 0.29) is 12.1 Å². The van der Waals surface area contributed by atoms with Crippen molar-refractivity contribution in [2.75, 3.05) is 11.9 Å². The summed E-state index contributed by atoms with van der Waals surface area (Å²) in [4.78, 5) is 21.6. The predicted molar refractivity (Wildman–Crippen MR) is 120 cm³/mol. The first-order chi connectivity index (χ1) is 15.1. The van der Waals surface area contributed by atoms with Gasteiger partial charge in [-0.2, -0.15) is 5.10 Å². The van der Waals surface area contributed by atoms with Gasteiger partial charge in [0.1, 0.15) is 0 Å². The maximum absolute atomic E-state index is 12.5. The number of nitrogens with one attached hydrogen (secondary N) is 1. The molecule has 1 amide bonds. The molecular weight excluding hydrogens is 437 g/mol. The first-order valence-corrected chi connectivity index (χ1v) is 11.1. The first-order valence-electron chi connectivity index (χ1n) is 10.4. The number of hydrogen-bond acceptors (Lipinski definition) is 5. The number of carbonyl (C=O) groups is 1. The summed E-state index contributed by atoms with van der Waals surface area (Å²) in [6.45, 7) is 0.699. The highest BCUT2D eigenvalue weighted by Gasteiger charge is 2.28. The van der Waals surface area contributed by atoms with Gasteiger partial charge in [0.15, 0.2) is 17.0 Å². The number of rotatable bonds is 5. The second-order valence-corrected chi connectivity index (χ2v) is 8.64. The second-order valence-electron chi connectivity index (χ2n) is 7.85. The number of nitrogens with zero attached hydrogens (tertiary/aromatic N) is 4. The fraction of sp³-hybridized carbons (Fsp3) is 0.364. The zero-order valence-corrected chi connectivity index (χ0v) is 18.2. The molecule has 3 aromatic heterocycles. The van der Waals surface area contributed by atoms with Crippen LogP contribution in [0.15, 0.2) is 30.5 Å². The highest BCUT2D eigenvalue weighted by Crippen LogP contribution is 2.42. The summed E-state index contributed by atoms with van der Waals surface area (Å²) in [5, 5.41) is 8.95. The van der Waals surface area contributed by atoms with Gasteiger partial charge < -0.3 is 10.1 Å². The molecule has 2 aliphatic rings. The molecule has 1 aliphatic carbocycles. The molecule has 0 aromatic carbocycles. The molecule has 31 heavy (non-hydrogen) atoms. The van der Waals surface area contributed by atoms with Crippen molar-refractivity contribution in [3.05, 3.63) is 52.0 Å². The van der Waals surface area contributed by atoms with E-state index in [2.05, 4.69) is 20.4 Å². The lowest BCUT2D eigenvalue weighted by Crippen LogP contribution is -2.19. The summed E-state index contributed by atoms with van der Waals surface area (Å²) in [6, 6.07) is 5.41. The summed E-state index contributed by atoms with van der Waals surface area (Å²) in [5.41, 5.74) is 2.82. The molecule has 5 rings (SSSR count). The molecule has 1 saturated carbocycles. The molecule has 1 aliphatic heterocycles. The number of hydrogen-bond donors (Lipinski definition) is 1. The quantitative estimate of drug-likeness (QED) is 0.521. The monoisotopic (exact) mass is 457 g/mol. The highest BCUT2D eigenvalue weighted by molar-refractivity contribution is 6.34. The number of pyridine rings is 2. The minimum absolute atomic E-state index is 0.171. The van der Waals surface area contributed by atoms with Crippen molar-refractivity contribution in [2.24, 2.45) is 0 Å². The van der Waals surface area contributed by atoms with E-state index < -0.39 is 0 Å². The number of aromatic nitrogens is 4. The van der Waals surface area contributed by atoms with E-state index in [1.165, 1.54) is 6.08 Å². The van der Waals surface area contributed by atoms with Crippen molar-refractivity contribution in [3.8, 4) is 0 Å². The largest absolute Gasteiger partial charge is 0.356 e. The Kier molecular flexibility index (Phi) is 5.65. The fourth-order valence-corrected chi connectivity index (χ4v) is 4.16. The first kappa shape index (κ1) is 20.4. The minimum atomic E-state index is -0.269. The lowest BCUT2D eigenvalue weighted by atomic mass is 10.2. The lowest BCUT2D eigenvalue weighted by Gasteiger charge is -2.22. The van der Waals surface area contributed by atoms with E-state index in [0.717, 1.165) is 43.2 Å². The number of ether oxygens (including phenoxy) is 1. The number of fused-ring (bicyclic) bond motifs is 1. The molecule has 0 spiro atoms. The van der Waals surface area contributed by atoms with Crippen molar-refractivity contribution in [1.29, 1.82) is 0 Å². The van der Waals surface area contributed by atoms with Crippen molar-refractivity contribution >= 4 is 51.9 Å². The van der Waals surface area contributed by atoms with E-state index in [1.807, 2.05) is 12.1 Å². The Morgan fingerprint density at radius 1 is 1.23 bits per heavy atom. The molecule has 0 bridgehead atoms. The van der Waals surface area contributed by atoms with Crippen molar-refractivity contribution in [3.63, 3.8) is 0 Å². The average molecular weight is 458 g/mol. The maximum Gasteiger partial charge on any atom is 0.248 e. The standard InChI is InChI=1S/C22H21Cl2N5O2/c23-14-11-17(20(25-12-14)13-4-5-13)27-18(30)9-7-15-6-8-16-21(24)28-29(22(16)26-15)19-3-1-2-10-31-19/h6-9,11-13,19H,1-5,10H2,(H,27,30)/b9-7+. The van der Waals surface area contributed by atoms with Crippen LogP contribution in [0.3, 0.4) is 0 Å². The summed E-state index contributed by atoms with van der Waals surface area (Å²) in [6.07, 6.45) is 9.71. The van der Waals surface area contributed by atoms with Crippen LogP contribution in [0.4, 0.5) is 5.69 Å². The highest BCUT2D eigenvalue weighted by atomic mass is 35.5. The molecule has 1 saturated heterocycles. The topological polar surface area (TPSA) is 81.9 Å². The van der Waals surface area contributed by atoms with Crippen LogP contribution >= 0.6 is 23.2 Å². The van der Waals surface area contributed by atoms with E-state index in [4.69, 9.17) is 27.9 Å². The molecule has 2 fully saturated rings. The van der Waals surface area contributed by atoms with Gasteiger partial charge in [-0.05, 0) is 56.4 Å². The molecule has 3 aromatic rings. The van der Waals surface area contributed by atoms with Crippen LogP contribution in [0.25, 0.3) is 17.1 Å². The Balaban J connectivity index is 1.36. The molecule has 1 N–H and O–H groups in total. The van der Waals surface area contributed by atoms with Crippen LogP contribution in [0.2, 0.25) is 10.2 Å². The third-order valence-corrected chi connectivity index (χ3v) is 5.96. The molecule has 9 heteroatoms. The third-order valence-electron chi connectivity index (χ3n) is 5.47. The molecule has 4 heterocycles. The number of halogens is 2. The van der Waals surface area contributed by atoms with E-state index in [0.29, 0.717) is 39.7 Å². The maximum atomic E-state index is 12.5. The van der Waals surface area contributed by atoms with E-state index in [1.54, 1.807) is 23.0 Å². The Labute approximate surface area is 189 Å². The van der Waals surface area contributed by atoms with Gasteiger partial charge in [0, 0.05) is 24.8 Å². The third kappa shape index (κ3) is 4.44. The smallest absolute Gasteiger partial charge is 0.248 e. The number of anilines is 1. The Hall–Kier alpha value is -2.48. The summed E-state index contributed by atoms with van der Waals surface area (Å²) in [5.74, 6) is 0.127. The van der Waals surface area contributed by atoms with Gasteiger partial charge in [0.25, 0.3) is 0 Å². The molecule has 1 atom stereocenters. The number of carbonyl (C=O) groups excluding carboxylic acids is 1. The molecule has 1 unspecified atom stereocenters. The van der Waals surface area contributed by atoms with Crippen LogP contribution in [-0.4, -0.2) is 32.3 Å². The average Bonchev–Trinajstić information content (AvgIpc) is 3.56. The summed E-state index contributed by atoms with van der Waals surface area (Å²) >= 11 is 12.4. The predicted octanol–water partition coefficient (Wildman–Crippen LogP) is 5.36. The van der Waals surface area contributed by atoms with E-state index in [9.17, 15) is 4.79 Å². The van der Waals surface area contributed by atoms with Crippen molar-refractivity contribution in [2.45, 2.75) is 44.2 Å². The Bertz CT molecular complexity index is 1170. The van der Waals surface area contributed by atoms with Crippen molar-refractivity contribution < 1.29 is 9.53 Å². The molecule has 7 nitrogen and oxygen atoms in total. The lowest BCUT2D eigenvalue weighted by molar-refractivity contribution is -0.111. The Morgan fingerprint density at radius 3 is 2.87 bits per heavy atom. The van der Waals surface area contributed by atoms with Crippen LogP contribution < -0.4 is 5.32 Å². The van der Waals surface area contributed by atoms with Gasteiger partial charge >= 0.3 is 0 Å². The number of amides is 1. The normalized spacial score (nSPS) is 19.2. The summed E-state index contributed by atoms with van der Waals surface area (Å²) < 4.78 is 7.58. The zero-order chi connectivity index (χ0) is 21.4. The van der Waals surface area contributed by atoms with Crippen LogP contribution in [-0.2, 0) is 9.53 Å². The minimum Gasteiger partial charge on any atom is -0.356 e. The Morgan fingerprint density at radius 2 is 2.10 bits per heavy atom. The molecular formula is C22H21Cl2N5O2. The van der Waals surface area contributed by atoms with Gasteiger partial charge in [0.05, 0.1) is 27.5 Å². The van der Waals surface area contributed by atoms with Gasteiger partial charge in [-0.1, -0.05) is 23.2 Å². The fourth-order valence-electron chi connectivity index (χ4n) is 3.77. The van der Waals surface area contributed by atoms with Gasteiger partial charge in [-0.25, -0.2) is 9.67 Å². The van der Waals surface area contributed by atoms with Crippen molar-refractivity contribution in [1.82, 2.24) is 19.7 Å². The zero-order valence-electron chi connectivity index (χ0n) is 16.7. The van der Waals surface area contributed by atoms with Gasteiger partial charge in [-0.15, -0.1) is 0 Å². The molecule has 0 radical (unpaired) electrons. The van der Waals surface area contributed by atoms with Crippen LogP contribution in [0, 0.1) is 0 Å². The van der Waals surface area contributed by atoms with Gasteiger partial charge in [0.2, 0.25) is 5.91 Å². The van der Waals surface area contributed by atoms with Crippen LogP contribution in [0.1, 0.15) is 55.6 Å². The molecule has 160 valence electrons. The SMILES string of the molecule is O=C(/C=C/c1ccc2c(Cl)nn(C3CCCCO3)c2n1)Nc1cc(Cl)cnc1C1CC1. The summed E-state index contributed by atoms with van der Waals surface area (Å²) in [7, 11) is 0. The van der Waals surface area contributed by atoms with Crippen LogP contribution in [0.5, 0.6) is 0 Å². The van der Waals surface area contributed by atoms with Gasteiger partial charge in [-0.3, -0.25) is 9.78 Å².